The van der Waals surface area contributed by atoms with Crippen LogP contribution < -0.4 is 0 Å². The van der Waals surface area contributed by atoms with E-state index < -0.39 is 7.32 Å². The molecule has 3 nitrogen and oxygen atoms in total. The van der Waals surface area contributed by atoms with Gasteiger partial charge >= 0.3 is 7.32 Å². The molecule has 0 amide bonds. The van der Waals surface area contributed by atoms with Gasteiger partial charge in [0, 0.05) is 18.9 Å². The Hall–Kier alpha value is 0.332. The fourth-order valence-electron chi connectivity index (χ4n) is 0.0412. The fraction of sp³-hybridized carbons (Fsp3) is 0. The van der Waals surface area contributed by atoms with Gasteiger partial charge in [-0.05, 0) is 0 Å². The van der Waals surface area contributed by atoms with E-state index in [0.717, 1.165) is 0 Å². The third-order valence-corrected chi connectivity index (χ3v) is 0.218. The van der Waals surface area contributed by atoms with E-state index >= 15 is 0 Å². The predicted molar refractivity (Wildman–Crippen MR) is 18.1 cm³/mol. The van der Waals surface area contributed by atoms with E-state index in [9.17, 15) is 13.6 Å². The Morgan fingerprint density at radius 2 is 1.12 bits per heavy atom. The Bertz CT molecular complexity index is 36.0. The second-order valence-electron chi connectivity index (χ2n) is 0.556. The van der Waals surface area contributed by atoms with Gasteiger partial charge in [0.15, 0.2) is 0 Å². The quantitative estimate of drug-likeness (QED) is 0.504. The van der Waals surface area contributed by atoms with Crippen LogP contribution in [0, 0.1) is 0 Å². The van der Waals surface area contributed by atoms with Crippen molar-refractivity contribution in [3.63, 3.8) is 0 Å². The largest absolute Gasteiger partial charge is 0.737 e. The van der Waals surface area contributed by atoms with Crippen molar-refractivity contribution in [3.05, 3.63) is 0 Å². The minimum Gasteiger partial charge on any atom is -0.185 e. The summed E-state index contributed by atoms with van der Waals surface area (Å²) < 4.78 is 31.3. The number of rotatable bonds is 3. The Morgan fingerprint density at radius 1 is 0.875 bits per heavy atom. The van der Waals surface area contributed by atoms with Gasteiger partial charge in [-0.2, -0.15) is 14.6 Å². The van der Waals surface area contributed by atoms with Crippen molar-refractivity contribution >= 4 is 26.2 Å². The summed E-state index contributed by atoms with van der Waals surface area (Å²) >= 11 is 0. The molecule has 0 atom stereocenters. The van der Waals surface area contributed by atoms with Gasteiger partial charge in [0.05, 0.1) is 0 Å². The molecule has 0 aromatic heterocycles. The molecule has 0 bridgehead atoms. The Morgan fingerprint density at radius 3 is 1.12 bits per heavy atom. The van der Waals surface area contributed by atoms with Crippen LogP contribution in [0.4, 0.5) is 13.6 Å². The average molecular weight is 123 g/mol. The van der Waals surface area contributed by atoms with E-state index in [-0.39, 0.29) is 18.9 Å². The summed E-state index contributed by atoms with van der Waals surface area (Å²) in [6, 6.07) is 0. The molecular formula is BF3LiO3. The molecular weight excluding hydrogens is 123 g/mol. The molecule has 0 spiro atoms. The van der Waals surface area contributed by atoms with Crippen LogP contribution in [0.2, 0.25) is 0 Å². The van der Waals surface area contributed by atoms with E-state index in [2.05, 4.69) is 14.6 Å². The van der Waals surface area contributed by atoms with Gasteiger partial charge in [-0.1, -0.05) is 13.6 Å². The summed E-state index contributed by atoms with van der Waals surface area (Å²) in [5, 5.41) is 0. The smallest absolute Gasteiger partial charge is 0.185 e. The number of halogens is 3. The van der Waals surface area contributed by atoms with Crippen LogP contribution in [0.15, 0.2) is 0 Å². The molecule has 8 heavy (non-hydrogen) atoms. The fourth-order valence-corrected chi connectivity index (χ4v) is 0.0412. The first kappa shape index (κ1) is 11.2. The molecule has 43 valence electrons. The topological polar surface area (TPSA) is 27.7 Å². The van der Waals surface area contributed by atoms with Crippen LogP contribution in [0.3, 0.4) is 0 Å². The minimum absolute atomic E-state index is 0. The molecule has 1 radical (unpaired) electrons. The standard InChI is InChI=1S/BF3O3.Li/c2-5-1(6-3)7-4;. The molecule has 0 aliphatic rings. The summed E-state index contributed by atoms with van der Waals surface area (Å²) in [5.41, 5.74) is 0. The maximum Gasteiger partial charge on any atom is 0.737 e. The minimum atomic E-state index is -2.51. The van der Waals surface area contributed by atoms with Gasteiger partial charge in [0.1, 0.15) is 0 Å². The molecule has 0 heterocycles. The second-order valence-corrected chi connectivity index (χ2v) is 0.556. The van der Waals surface area contributed by atoms with Crippen LogP contribution in [0.1, 0.15) is 0 Å². The summed E-state index contributed by atoms with van der Waals surface area (Å²) in [4.78, 5) is 7.06. The van der Waals surface area contributed by atoms with Gasteiger partial charge in [-0.25, -0.2) is 0 Å². The van der Waals surface area contributed by atoms with Crippen LogP contribution in [0.5, 0.6) is 0 Å². The van der Waals surface area contributed by atoms with Crippen molar-refractivity contribution < 1.29 is 28.2 Å². The van der Waals surface area contributed by atoms with E-state index in [1.165, 1.54) is 0 Å². The number of hydrogen-bond acceptors (Lipinski definition) is 3. The molecule has 0 N–H and O–H groups in total. The third kappa shape index (κ3) is 4.49. The van der Waals surface area contributed by atoms with Gasteiger partial charge in [0.25, 0.3) is 0 Å². The molecule has 8 heteroatoms. The average Bonchev–Trinajstić information content (AvgIpc) is 1.72. The maximum atomic E-state index is 10.4. The van der Waals surface area contributed by atoms with Crippen LogP contribution in [-0.2, 0) is 14.6 Å². The molecule has 0 saturated heterocycles. The molecule has 0 saturated carbocycles. The predicted octanol–water partition coefficient (Wildman–Crippen LogP) is 0.294. The van der Waals surface area contributed by atoms with Crippen molar-refractivity contribution in [2.75, 3.05) is 0 Å². The zero-order chi connectivity index (χ0) is 5.70. The van der Waals surface area contributed by atoms with E-state index in [0.29, 0.717) is 0 Å². The molecule has 0 rings (SSSR count). The van der Waals surface area contributed by atoms with E-state index in [1.807, 2.05) is 0 Å². The van der Waals surface area contributed by atoms with E-state index in [1.54, 1.807) is 0 Å². The second kappa shape index (κ2) is 7.33. The first-order valence-corrected chi connectivity index (χ1v) is 1.17. The van der Waals surface area contributed by atoms with Gasteiger partial charge in [0.2, 0.25) is 0 Å². The van der Waals surface area contributed by atoms with Crippen molar-refractivity contribution in [1.82, 2.24) is 0 Å². The molecule has 0 aromatic rings. The van der Waals surface area contributed by atoms with E-state index in [4.69, 9.17) is 0 Å². The Kier molecular flexibility index (Phi) is 10.2. The van der Waals surface area contributed by atoms with Crippen LogP contribution in [0.25, 0.3) is 0 Å². The van der Waals surface area contributed by atoms with Crippen molar-refractivity contribution in [2.24, 2.45) is 0 Å². The van der Waals surface area contributed by atoms with Gasteiger partial charge in [-0.15, -0.1) is 0 Å². The van der Waals surface area contributed by atoms with Crippen molar-refractivity contribution in [3.8, 4) is 0 Å². The maximum absolute atomic E-state index is 10.4. The summed E-state index contributed by atoms with van der Waals surface area (Å²) in [6.07, 6.45) is 0. The van der Waals surface area contributed by atoms with Crippen molar-refractivity contribution in [2.45, 2.75) is 0 Å². The third-order valence-electron chi connectivity index (χ3n) is 0.218. The SMILES string of the molecule is FOB(OF)OF.[Li]. The first-order chi connectivity index (χ1) is 3.35. The molecule has 0 fully saturated rings. The normalized spacial score (nSPS) is 7.88. The summed E-state index contributed by atoms with van der Waals surface area (Å²) in [7, 11) is -2.51. The van der Waals surface area contributed by atoms with Crippen LogP contribution >= 0.6 is 0 Å². The monoisotopic (exact) mass is 123 g/mol. The van der Waals surface area contributed by atoms with Gasteiger partial charge in [-0.3, -0.25) is 0 Å². The Balaban J connectivity index is 0. The first-order valence-electron chi connectivity index (χ1n) is 1.17. The summed E-state index contributed by atoms with van der Waals surface area (Å²) in [6.45, 7) is 0. The van der Waals surface area contributed by atoms with Crippen molar-refractivity contribution in [1.29, 1.82) is 0 Å². The van der Waals surface area contributed by atoms with Crippen LogP contribution in [-0.4, -0.2) is 26.2 Å². The molecule has 0 aliphatic carbocycles. The Labute approximate surface area is 55.1 Å². The molecule has 0 aliphatic heterocycles. The summed E-state index contributed by atoms with van der Waals surface area (Å²) in [5.74, 6) is 0. The molecule has 0 aromatic carbocycles. The molecule has 0 unspecified atom stereocenters. The zero-order valence-corrected chi connectivity index (χ0v) is 3.94. The number of hydrogen-bond donors (Lipinski definition) is 0. The zero-order valence-electron chi connectivity index (χ0n) is 3.94. The van der Waals surface area contributed by atoms with Gasteiger partial charge < -0.3 is 0 Å².